The molecule has 3 heteroatoms. The number of amides is 1. The molecule has 0 aliphatic carbocycles. The van der Waals surface area contributed by atoms with E-state index in [1.165, 1.54) is 11.1 Å². The van der Waals surface area contributed by atoms with Crippen molar-refractivity contribution in [2.24, 2.45) is 0 Å². The molecule has 24 heavy (non-hydrogen) atoms. The Morgan fingerprint density at radius 3 is 1.83 bits per heavy atom. The summed E-state index contributed by atoms with van der Waals surface area (Å²) >= 11 is 0. The van der Waals surface area contributed by atoms with Gasteiger partial charge in [-0.3, -0.25) is 10.2 Å². The summed E-state index contributed by atoms with van der Waals surface area (Å²) in [6, 6.07) is 17.9. The van der Waals surface area contributed by atoms with Gasteiger partial charge in [-0.05, 0) is 36.6 Å². The summed E-state index contributed by atoms with van der Waals surface area (Å²) in [4.78, 5) is 11.8. The lowest BCUT2D eigenvalue weighted by molar-refractivity contribution is 0.0939. The van der Waals surface area contributed by atoms with Gasteiger partial charge in [-0.15, -0.1) is 0 Å². The van der Waals surface area contributed by atoms with Crippen molar-refractivity contribution >= 4 is 5.91 Å². The van der Waals surface area contributed by atoms with Gasteiger partial charge in [0.2, 0.25) is 0 Å². The average molecular weight is 326 g/mol. The lowest BCUT2D eigenvalue weighted by Gasteiger charge is -2.08. The van der Waals surface area contributed by atoms with E-state index in [0.717, 1.165) is 6.42 Å². The highest BCUT2D eigenvalue weighted by Gasteiger charge is 2.04. The number of carbonyl (C=O) groups excluding carboxylic acids is 1. The fourth-order valence-electron chi connectivity index (χ4n) is 1.84. The van der Waals surface area contributed by atoms with Gasteiger partial charge in [-0.25, -0.2) is 0 Å². The quantitative estimate of drug-likeness (QED) is 0.751. The van der Waals surface area contributed by atoms with Crippen LogP contribution >= 0.6 is 0 Å². The molecular weight excluding hydrogens is 296 g/mol. The number of hydrogen-bond donors (Lipinski definition) is 2. The first-order chi connectivity index (χ1) is 11.6. The maximum absolute atomic E-state index is 11.8. The number of allylic oxidation sites excluding steroid dienone is 1. The highest BCUT2D eigenvalue weighted by atomic mass is 16.2. The molecular formula is C21H30N2O. The van der Waals surface area contributed by atoms with Gasteiger partial charge >= 0.3 is 0 Å². The number of hydrazine groups is 1. The molecule has 0 fully saturated rings. The molecule has 0 spiro atoms. The van der Waals surface area contributed by atoms with Crippen LogP contribution in [0.1, 0.15) is 56.1 Å². The molecule has 0 unspecified atom stereocenters. The monoisotopic (exact) mass is 326 g/mol. The van der Waals surface area contributed by atoms with E-state index in [0.29, 0.717) is 11.3 Å². The summed E-state index contributed by atoms with van der Waals surface area (Å²) < 4.78 is 0. The summed E-state index contributed by atoms with van der Waals surface area (Å²) in [6.07, 6.45) is 0.868. The normalized spacial score (nSPS) is 8.71. The number of carbonyl (C=O) groups is 1. The van der Waals surface area contributed by atoms with Crippen molar-refractivity contribution in [2.45, 2.75) is 41.0 Å². The van der Waals surface area contributed by atoms with Gasteiger partial charge in [-0.1, -0.05) is 76.7 Å². The molecule has 2 aromatic rings. The fourth-order valence-corrected chi connectivity index (χ4v) is 1.84. The summed E-state index contributed by atoms with van der Waals surface area (Å²) in [7, 11) is 0. The van der Waals surface area contributed by atoms with E-state index in [1.54, 1.807) is 6.92 Å². The Morgan fingerprint density at radius 2 is 1.33 bits per heavy atom. The second-order valence-corrected chi connectivity index (χ2v) is 4.72. The van der Waals surface area contributed by atoms with Crippen LogP contribution in [-0.2, 0) is 6.42 Å². The highest BCUT2D eigenvalue weighted by molar-refractivity contribution is 5.93. The van der Waals surface area contributed by atoms with Crippen molar-refractivity contribution in [3.63, 3.8) is 0 Å². The van der Waals surface area contributed by atoms with E-state index >= 15 is 0 Å². The minimum absolute atomic E-state index is 0.167. The number of benzene rings is 2. The van der Waals surface area contributed by atoms with Gasteiger partial charge in [0.05, 0.1) is 0 Å². The average Bonchev–Trinajstić information content (AvgIpc) is 2.64. The van der Waals surface area contributed by atoms with Gasteiger partial charge in [0.25, 0.3) is 5.91 Å². The summed E-state index contributed by atoms with van der Waals surface area (Å²) in [5.41, 5.74) is 9.04. The van der Waals surface area contributed by atoms with Crippen LogP contribution in [-0.4, -0.2) is 5.91 Å². The minimum atomic E-state index is -0.167. The van der Waals surface area contributed by atoms with Gasteiger partial charge in [0, 0.05) is 11.3 Å². The molecule has 0 radical (unpaired) electrons. The van der Waals surface area contributed by atoms with Crippen molar-refractivity contribution in [2.75, 3.05) is 0 Å². The predicted octanol–water partition coefficient (Wildman–Crippen LogP) is 5.10. The molecule has 0 aliphatic rings. The summed E-state index contributed by atoms with van der Waals surface area (Å²) in [5.74, 6) is -0.167. The molecule has 0 atom stereocenters. The van der Waals surface area contributed by atoms with E-state index in [4.69, 9.17) is 0 Å². The van der Waals surface area contributed by atoms with E-state index in [-0.39, 0.29) is 5.91 Å². The Hall–Kier alpha value is -2.55. The largest absolute Gasteiger partial charge is 0.303 e. The van der Waals surface area contributed by atoms with E-state index in [2.05, 4.69) is 29.6 Å². The van der Waals surface area contributed by atoms with Crippen LogP contribution in [0.15, 0.2) is 66.9 Å². The molecule has 1 amide bonds. The third-order valence-corrected chi connectivity index (χ3v) is 2.86. The molecule has 0 heterocycles. The van der Waals surface area contributed by atoms with E-state index < -0.39 is 0 Å². The van der Waals surface area contributed by atoms with Crippen LogP contribution in [0.2, 0.25) is 0 Å². The molecule has 0 saturated carbocycles. The van der Waals surface area contributed by atoms with Crippen molar-refractivity contribution in [1.29, 1.82) is 0 Å². The zero-order valence-corrected chi connectivity index (χ0v) is 15.5. The Morgan fingerprint density at radius 1 is 0.833 bits per heavy atom. The van der Waals surface area contributed by atoms with Crippen LogP contribution in [0.25, 0.3) is 0 Å². The Balaban J connectivity index is 0.00000123. The first-order valence-corrected chi connectivity index (χ1v) is 8.50. The minimum Gasteiger partial charge on any atom is -0.303 e. The van der Waals surface area contributed by atoms with E-state index in [1.807, 2.05) is 70.2 Å². The van der Waals surface area contributed by atoms with Crippen molar-refractivity contribution in [3.05, 3.63) is 83.6 Å². The Bertz CT molecular complexity index is 589. The first-order valence-electron chi connectivity index (χ1n) is 8.50. The van der Waals surface area contributed by atoms with Crippen molar-refractivity contribution < 1.29 is 4.79 Å². The zero-order valence-electron chi connectivity index (χ0n) is 15.5. The molecule has 2 N–H and O–H groups in total. The zero-order chi connectivity index (χ0) is 18.4. The third-order valence-electron chi connectivity index (χ3n) is 2.86. The molecule has 0 aromatic heterocycles. The van der Waals surface area contributed by atoms with Gasteiger partial charge in [0.1, 0.15) is 0 Å². The fraction of sp³-hybridized carbons (Fsp3) is 0.286. The van der Waals surface area contributed by atoms with Crippen LogP contribution in [0.5, 0.6) is 0 Å². The van der Waals surface area contributed by atoms with E-state index in [9.17, 15) is 4.79 Å². The molecule has 0 saturated heterocycles. The predicted molar refractivity (Wildman–Crippen MR) is 104 cm³/mol. The SMILES string of the molecule is C=C(C)NNC(=O)c1ccc(Cc2ccccc2)cc1.CC.CC. The van der Waals surface area contributed by atoms with Crippen LogP contribution < -0.4 is 10.9 Å². The van der Waals surface area contributed by atoms with Gasteiger partial charge in [-0.2, -0.15) is 0 Å². The van der Waals surface area contributed by atoms with Crippen LogP contribution in [0.3, 0.4) is 0 Å². The van der Waals surface area contributed by atoms with Crippen molar-refractivity contribution in [1.82, 2.24) is 10.9 Å². The maximum Gasteiger partial charge on any atom is 0.269 e. The molecule has 130 valence electrons. The lowest BCUT2D eigenvalue weighted by Crippen LogP contribution is -2.35. The molecule has 2 aromatic carbocycles. The number of nitrogens with one attached hydrogen (secondary N) is 2. The maximum atomic E-state index is 11.8. The molecule has 2 rings (SSSR count). The summed E-state index contributed by atoms with van der Waals surface area (Å²) in [6.45, 7) is 13.4. The second-order valence-electron chi connectivity index (χ2n) is 4.72. The van der Waals surface area contributed by atoms with Gasteiger partial charge < -0.3 is 5.43 Å². The highest BCUT2D eigenvalue weighted by Crippen LogP contribution is 2.10. The smallest absolute Gasteiger partial charge is 0.269 e. The Kier molecular flexibility index (Phi) is 11.6. The number of hydrogen-bond acceptors (Lipinski definition) is 2. The van der Waals surface area contributed by atoms with Crippen molar-refractivity contribution in [3.8, 4) is 0 Å². The van der Waals surface area contributed by atoms with Gasteiger partial charge in [0.15, 0.2) is 0 Å². The first kappa shape index (κ1) is 21.5. The van der Waals surface area contributed by atoms with Crippen LogP contribution in [0, 0.1) is 0 Å². The molecule has 0 bridgehead atoms. The molecule has 0 aliphatic heterocycles. The molecule has 3 nitrogen and oxygen atoms in total. The van der Waals surface area contributed by atoms with Crippen LogP contribution in [0.4, 0.5) is 0 Å². The number of rotatable bonds is 5. The second kappa shape index (κ2) is 12.9. The lowest BCUT2D eigenvalue weighted by atomic mass is 10.0. The third kappa shape index (κ3) is 8.18. The summed E-state index contributed by atoms with van der Waals surface area (Å²) in [5, 5.41) is 0. The Labute approximate surface area is 146 Å². The topological polar surface area (TPSA) is 41.1 Å². The standard InChI is InChI=1S/C17H18N2O.2C2H6/c1-13(2)18-19-17(20)16-10-8-15(9-11-16)12-14-6-4-3-5-7-14;2*1-2/h3-11,18H,1,12H2,2H3,(H,19,20);2*1-2H3.